The van der Waals surface area contributed by atoms with Crippen molar-refractivity contribution in [2.24, 2.45) is 0 Å². The van der Waals surface area contributed by atoms with Crippen LogP contribution in [-0.2, 0) is 17.4 Å². The van der Waals surface area contributed by atoms with Crippen LogP contribution in [0, 0.1) is 0 Å². The van der Waals surface area contributed by atoms with Crippen LogP contribution in [0.15, 0.2) is 60.0 Å². The van der Waals surface area contributed by atoms with Crippen LogP contribution in [0.1, 0.15) is 11.3 Å². The number of rotatable bonds is 7. The fraction of sp³-hybridized carbons (Fsp3) is 0.200. The first-order valence-corrected chi connectivity index (χ1v) is 9.36. The number of thiazole rings is 1. The minimum Gasteiger partial charge on any atom is -0.492 e. The first-order chi connectivity index (χ1) is 13.4. The van der Waals surface area contributed by atoms with Gasteiger partial charge >= 0.3 is 6.18 Å². The molecule has 0 bridgehead atoms. The van der Waals surface area contributed by atoms with Crippen molar-refractivity contribution >= 4 is 17.2 Å². The zero-order valence-electron chi connectivity index (χ0n) is 14.7. The minimum atomic E-state index is -4.37. The molecule has 0 aliphatic heterocycles. The second-order valence-corrected chi connectivity index (χ2v) is 6.77. The number of halogens is 3. The monoisotopic (exact) mass is 406 g/mol. The Morgan fingerprint density at radius 2 is 1.79 bits per heavy atom. The fourth-order valence-corrected chi connectivity index (χ4v) is 3.25. The molecule has 1 amide bonds. The molecule has 1 heterocycles. The molecule has 3 rings (SSSR count). The Bertz CT molecular complexity index is 909. The van der Waals surface area contributed by atoms with Crippen molar-refractivity contribution in [3.05, 3.63) is 71.2 Å². The topological polar surface area (TPSA) is 51.2 Å². The molecule has 1 N–H and O–H groups in total. The minimum absolute atomic E-state index is 0.0997. The lowest BCUT2D eigenvalue weighted by molar-refractivity contribution is -0.137. The van der Waals surface area contributed by atoms with Gasteiger partial charge in [-0.15, -0.1) is 11.3 Å². The molecule has 3 aromatic rings. The van der Waals surface area contributed by atoms with Gasteiger partial charge in [0.1, 0.15) is 17.4 Å². The molecule has 146 valence electrons. The summed E-state index contributed by atoms with van der Waals surface area (Å²) in [6.45, 7) is 0.716. The summed E-state index contributed by atoms with van der Waals surface area (Å²) in [6, 6.07) is 14.1. The van der Waals surface area contributed by atoms with Crippen molar-refractivity contribution in [3.63, 3.8) is 0 Å². The number of amides is 1. The molecule has 0 aliphatic rings. The van der Waals surface area contributed by atoms with Gasteiger partial charge in [0.15, 0.2) is 0 Å². The molecular weight excluding hydrogens is 389 g/mol. The molecular formula is C20H17F3N2O2S. The van der Waals surface area contributed by atoms with Crippen LogP contribution in [-0.4, -0.2) is 24.0 Å². The average molecular weight is 406 g/mol. The van der Waals surface area contributed by atoms with Crippen molar-refractivity contribution in [3.8, 4) is 16.3 Å². The number of alkyl halides is 3. The lowest BCUT2D eigenvalue weighted by Gasteiger charge is -2.07. The van der Waals surface area contributed by atoms with Gasteiger partial charge in [-0.3, -0.25) is 4.79 Å². The van der Waals surface area contributed by atoms with Gasteiger partial charge in [0.25, 0.3) is 0 Å². The number of carbonyl (C=O) groups is 1. The summed E-state index contributed by atoms with van der Waals surface area (Å²) in [5, 5.41) is 5.05. The van der Waals surface area contributed by atoms with Crippen molar-refractivity contribution in [2.75, 3.05) is 13.2 Å². The summed E-state index contributed by atoms with van der Waals surface area (Å²) in [5.41, 5.74) is 0.451. The largest absolute Gasteiger partial charge is 0.492 e. The number of benzene rings is 2. The number of para-hydroxylation sites is 1. The van der Waals surface area contributed by atoms with Crippen LogP contribution in [0.5, 0.6) is 5.75 Å². The second-order valence-electron chi connectivity index (χ2n) is 5.91. The number of nitrogens with zero attached hydrogens (tertiary/aromatic N) is 1. The van der Waals surface area contributed by atoms with Crippen LogP contribution in [0.3, 0.4) is 0 Å². The zero-order chi connectivity index (χ0) is 20.0. The molecule has 0 radical (unpaired) electrons. The van der Waals surface area contributed by atoms with Crippen LogP contribution in [0.25, 0.3) is 10.6 Å². The second kappa shape index (κ2) is 8.88. The summed E-state index contributed by atoms with van der Waals surface area (Å²) >= 11 is 1.29. The van der Waals surface area contributed by atoms with Crippen molar-refractivity contribution < 1.29 is 22.7 Å². The molecule has 8 heteroatoms. The van der Waals surface area contributed by atoms with Gasteiger partial charge in [-0.25, -0.2) is 4.98 Å². The third-order valence-electron chi connectivity index (χ3n) is 3.79. The van der Waals surface area contributed by atoms with E-state index in [0.717, 1.165) is 17.9 Å². The van der Waals surface area contributed by atoms with Gasteiger partial charge < -0.3 is 10.1 Å². The number of aromatic nitrogens is 1. The number of hydrogen-bond donors (Lipinski definition) is 1. The van der Waals surface area contributed by atoms with Gasteiger partial charge in [0.2, 0.25) is 5.91 Å². The van der Waals surface area contributed by atoms with E-state index in [0.29, 0.717) is 29.4 Å². The quantitative estimate of drug-likeness (QED) is 0.585. The maximum absolute atomic E-state index is 12.6. The highest BCUT2D eigenvalue weighted by Crippen LogP contribution is 2.31. The van der Waals surface area contributed by atoms with E-state index in [1.54, 1.807) is 5.38 Å². The van der Waals surface area contributed by atoms with Crippen LogP contribution in [0.4, 0.5) is 13.2 Å². The molecule has 0 spiro atoms. The molecule has 0 fully saturated rings. The van der Waals surface area contributed by atoms with E-state index in [9.17, 15) is 18.0 Å². The van der Waals surface area contributed by atoms with E-state index in [4.69, 9.17) is 4.74 Å². The van der Waals surface area contributed by atoms with Gasteiger partial charge in [-0.1, -0.05) is 30.3 Å². The Hall–Kier alpha value is -2.87. The van der Waals surface area contributed by atoms with Crippen molar-refractivity contribution in [2.45, 2.75) is 12.6 Å². The number of hydrogen-bond acceptors (Lipinski definition) is 4. The summed E-state index contributed by atoms with van der Waals surface area (Å²) in [5.74, 6) is 0.540. The number of ether oxygens (including phenoxy) is 1. The SMILES string of the molecule is O=C(Cc1csc(-c2ccc(C(F)(F)F)cc2)n1)NCCOc1ccccc1. The third kappa shape index (κ3) is 5.56. The highest BCUT2D eigenvalue weighted by molar-refractivity contribution is 7.13. The van der Waals surface area contributed by atoms with Gasteiger partial charge in [0, 0.05) is 10.9 Å². The van der Waals surface area contributed by atoms with E-state index in [1.807, 2.05) is 30.3 Å². The van der Waals surface area contributed by atoms with Crippen molar-refractivity contribution in [1.29, 1.82) is 0 Å². The number of carbonyl (C=O) groups excluding carboxylic acids is 1. The van der Waals surface area contributed by atoms with E-state index in [2.05, 4.69) is 10.3 Å². The Morgan fingerprint density at radius 3 is 2.46 bits per heavy atom. The first-order valence-electron chi connectivity index (χ1n) is 8.48. The van der Waals surface area contributed by atoms with Crippen molar-refractivity contribution in [1.82, 2.24) is 10.3 Å². The molecule has 4 nitrogen and oxygen atoms in total. The Morgan fingerprint density at radius 1 is 1.07 bits per heavy atom. The Balaban J connectivity index is 1.48. The zero-order valence-corrected chi connectivity index (χ0v) is 15.5. The highest BCUT2D eigenvalue weighted by atomic mass is 32.1. The Labute approximate surface area is 164 Å². The highest BCUT2D eigenvalue weighted by Gasteiger charge is 2.30. The standard InChI is InChI=1S/C20H17F3N2O2S/c21-20(22,23)15-8-6-14(7-9-15)19-25-16(13-28-19)12-18(26)24-10-11-27-17-4-2-1-3-5-17/h1-9,13H,10-12H2,(H,24,26). The molecule has 0 atom stereocenters. The van der Waals surface area contributed by atoms with E-state index < -0.39 is 11.7 Å². The van der Waals surface area contributed by atoms with Gasteiger partial charge in [0.05, 0.1) is 24.2 Å². The first kappa shape index (κ1) is 19.9. The maximum atomic E-state index is 12.6. The van der Waals surface area contributed by atoms with Gasteiger partial charge in [-0.05, 0) is 24.3 Å². The molecule has 1 aromatic heterocycles. The summed E-state index contributed by atoms with van der Waals surface area (Å²) in [4.78, 5) is 16.3. The molecule has 0 unspecified atom stereocenters. The molecule has 28 heavy (non-hydrogen) atoms. The normalized spacial score (nSPS) is 11.2. The fourth-order valence-electron chi connectivity index (χ4n) is 2.43. The van der Waals surface area contributed by atoms with Crippen LogP contribution < -0.4 is 10.1 Å². The van der Waals surface area contributed by atoms with E-state index in [-0.39, 0.29) is 12.3 Å². The van der Waals surface area contributed by atoms with E-state index >= 15 is 0 Å². The van der Waals surface area contributed by atoms with Crippen LogP contribution >= 0.6 is 11.3 Å². The number of nitrogens with one attached hydrogen (secondary N) is 1. The predicted molar refractivity (Wildman–Crippen MR) is 101 cm³/mol. The third-order valence-corrected chi connectivity index (χ3v) is 4.73. The maximum Gasteiger partial charge on any atom is 0.416 e. The van der Waals surface area contributed by atoms with Gasteiger partial charge in [-0.2, -0.15) is 13.2 Å². The molecule has 2 aromatic carbocycles. The summed E-state index contributed by atoms with van der Waals surface area (Å²) in [7, 11) is 0. The predicted octanol–water partition coefficient (Wildman–Crippen LogP) is 4.57. The molecule has 0 saturated carbocycles. The lowest BCUT2D eigenvalue weighted by atomic mass is 10.1. The Kier molecular flexibility index (Phi) is 6.30. The summed E-state index contributed by atoms with van der Waals surface area (Å²) in [6.07, 6.45) is -4.27. The molecule has 0 saturated heterocycles. The lowest BCUT2D eigenvalue weighted by Crippen LogP contribution is -2.29. The van der Waals surface area contributed by atoms with E-state index in [1.165, 1.54) is 23.5 Å². The summed E-state index contributed by atoms with van der Waals surface area (Å²) < 4.78 is 43.4. The smallest absolute Gasteiger partial charge is 0.416 e. The van der Waals surface area contributed by atoms with Crippen LogP contribution in [0.2, 0.25) is 0 Å². The average Bonchev–Trinajstić information content (AvgIpc) is 3.14. The molecule has 0 aliphatic carbocycles.